The van der Waals surface area contributed by atoms with Gasteiger partial charge >= 0.3 is 0 Å². The van der Waals surface area contributed by atoms with Crippen molar-refractivity contribution < 1.29 is 28.5 Å². The molecule has 2 heterocycles. The van der Waals surface area contributed by atoms with E-state index in [1.165, 1.54) is 78.7 Å². The first-order valence-corrected chi connectivity index (χ1v) is 12.8. The Labute approximate surface area is 217 Å². The quantitative estimate of drug-likeness (QED) is 0.127. The molecule has 176 valence electrons. The van der Waals surface area contributed by atoms with Crippen LogP contribution in [0.2, 0.25) is 0 Å². The van der Waals surface area contributed by atoms with Gasteiger partial charge < -0.3 is 28.5 Å². The van der Waals surface area contributed by atoms with E-state index in [-0.39, 0.29) is 24.0 Å². The van der Waals surface area contributed by atoms with Crippen molar-refractivity contribution in [1.82, 2.24) is 4.57 Å². The first-order valence-electron chi connectivity index (χ1n) is 12.8. The minimum atomic E-state index is 0. The van der Waals surface area contributed by atoms with Crippen LogP contribution in [-0.4, -0.2) is 4.57 Å². The lowest BCUT2D eigenvalue weighted by Crippen LogP contribution is -3.00. The summed E-state index contributed by atoms with van der Waals surface area (Å²) in [6.07, 6.45) is 17.9. The molecule has 0 bridgehead atoms. The molecule has 0 atom stereocenters. The van der Waals surface area contributed by atoms with Gasteiger partial charge in [0.2, 0.25) is 0 Å². The molecule has 0 saturated heterocycles. The molecule has 4 aromatic rings. The smallest absolute Gasteiger partial charge is 0.193 e. The third-order valence-electron chi connectivity index (χ3n) is 6.73. The highest BCUT2D eigenvalue weighted by atomic mass is 127. The van der Waals surface area contributed by atoms with E-state index < -0.39 is 0 Å². The Hall–Kier alpha value is -1.88. The molecule has 0 aliphatic rings. The molecule has 0 saturated carbocycles. The zero-order valence-electron chi connectivity index (χ0n) is 20.2. The molecule has 33 heavy (non-hydrogen) atoms. The predicted molar refractivity (Wildman–Crippen MR) is 137 cm³/mol. The van der Waals surface area contributed by atoms with Crippen LogP contribution in [0.1, 0.15) is 70.3 Å². The van der Waals surface area contributed by atoms with Crippen molar-refractivity contribution in [3.8, 4) is 0 Å². The molecule has 2 aromatic heterocycles. The average molecular weight is 555 g/mol. The van der Waals surface area contributed by atoms with E-state index in [2.05, 4.69) is 89.1 Å². The molecular formula is C30H39IN2. The predicted octanol–water partition coefficient (Wildman–Crippen LogP) is 4.86. The molecule has 0 unspecified atom stereocenters. The van der Waals surface area contributed by atoms with E-state index in [0.29, 0.717) is 0 Å². The molecule has 0 N–H and O–H groups in total. The Morgan fingerprint density at radius 2 is 1.33 bits per heavy atom. The highest BCUT2D eigenvalue weighted by Crippen LogP contribution is 2.28. The number of pyridine rings is 1. The van der Waals surface area contributed by atoms with Gasteiger partial charge in [0.25, 0.3) is 0 Å². The maximum atomic E-state index is 2.54. The van der Waals surface area contributed by atoms with Gasteiger partial charge in [-0.3, -0.25) is 0 Å². The van der Waals surface area contributed by atoms with Crippen LogP contribution in [0.3, 0.4) is 0 Å². The first kappa shape index (κ1) is 25.7. The van der Waals surface area contributed by atoms with Crippen molar-refractivity contribution in [2.24, 2.45) is 0 Å². The number of hydrogen-bond acceptors (Lipinski definition) is 0. The average Bonchev–Trinajstić information content (AvgIpc) is 3.15. The summed E-state index contributed by atoms with van der Waals surface area (Å²) in [5.41, 5.74) is 4.17. The standard InChI is InChI=1S/C30H39N2.HI/c1-2-3-4-5-6-7-8-14-22-31-24-21-28-27-19-12-13-20-29(27)32(30(28)25-31)23-15-18-26-16-10-9-11-17-26;/h9-13,16-17,19-21,24-25H,2-8,14-15,18,22-23H2,1H3;1H/q+1;/p-1. The molecule has 0 aliphatic heterocycles. The van der Waals surface area contributed by atoms with Crippen molar-refractivity contribution in [3.05, 3.63) is 78.6 Å². The van der Waals surface area contributed by atoms with Gasteiger partial charge in [0.1, 0.15) is 12.1 Å². The van der Waals surface area contributed by atoms with Crippen molar-refractivity contribution in [3.63, 3.8) is 0 Å². The number of aryl methyl sites for hydroxylation is 3. The summed E-state index contributed by atoms with van der Waals surface area (Å²) in [5, 5.41) is 2.76. The molecule has 2 aromatic carbocycles. The van der Waals surface area contributed by atoms with Gasteiger partial charge in [-0.05, 0) is 30.9 Å². The molecule has 2 nitrogen and oxygen atoms in total. The van der Waals surface area contributed by atoms with Crippen LogP contribution in [-0.2, 0) is 19.5 Å². The number of rotatable bonds is 13. The monoisotopic (exact) mass is 554 g/mol. The minimum Gasteiger partial charge on any atom is -1.00 e. The molecule has 0 spiro atoms. The Morgan fingerprint density at radius 1 is 0.667 bits per heavy atom. The molecule has 4 rings (SSSR count). The van der Waals surface area contributed by atoms with Gasteiger partial charge in [-0.15, -0.1) is 0 Å². The molecule has 3 heteroatoms. The second-order valence-electron chi connectivity index (χ2n) is 9.21. The second kappa shape index (κ2) is 13.7. The number of nitrogens with zero attached hydrogens (tertiary/aromatic N) is 2. The summed E-state index contributed by atoms with van der Waals surface area (Å²) in [7, 11) is 0. The van der Waals surface area contributed by atoms with Crippen molar-refractivity contribution in [2.75, 3.05) is 0 Å². The number of unbranched alkanes of at least 4 members (excludes halogenated alkanes) is 7. The maximum Gasteiger partial charge on any atom is 0.193 e. The van der Waals surface area contributed by atoms with Crippen LogP contribution in [0, 0.1) is 0 Å². The second-order valence-corrected chi connectivity index (χ2v) is 9.21. The van der Waals surface area contributed by atoms with Crippen LogP contribution in [0.25, 0.3) is 21.8 Å². The summed E-state index contributed by atoms with van der Waals surface area (Å²) < 4.78 is 4.95. The number of para-hydroxylation sites is 1. The number of benzene rings is 2. The molecular weight excluding hydrogens is 515 g/mol. The maximum absolute atomic E-state index is 2.54. The highest BCUT2D eigenvalue weighted by molar-refractivity contribution is 6.07. The SMILES string of the molecule is CCCCCCCCCC[n+]1ccc2c3ccccc3n(CCCc3ccccc3)c2c1.[I-]. The molecule has 0 radical (unpaired) electrons. The van der Waals surface area contributed by atoms with Crippen molar-refractivity contribution >= 4 is 21.8 Å². The fraction of sp³-hybridized carbons (Fsp3) is 0.433. The summed E-state index contributed by atoms with van der Waals surface area (Å²) in [5.74, 6) is 0. The van der Waals surface area contributed by atoms with Gasteiger partial charge in [0, 0.05) is 35.3 Å². The van der Waals surface area contributed by atoms with Crippen molar-refractivity contribution in [2.45, 2.75) is 84.2 Å². The summed E-state index contributed by atoms with van der Waals surface area (Å²) in [6, 6.07) is 22.1. The summed E-state index contributed by atoms with van der Waals surface area (Å²) in [6.45, 7) is 4.47. The Bertz CT molecular complexity index is 1100. The van der Waals surface area contributed by atoms with Crippen LogP contribution >= 0.6 is 0 Å². The fourth-order valence-electron chi connectivity index (χ4n) is 4.93. The molecule has 0 aliphatic carbocycles. The van der Waals surface area contributed by atoms with E-state index >= 15 is 0 Å². The minimum absolute atomic E-state index is 0. The zero-order valence-corrected chi connectivity index (χ0v) is 22.3. The van der Waals surface area contributed by atoms with Crippen LogP contribution in [0.4, 0.5) is 0 Å². The van der Waals surface area contributed by atoms with Crippen LogP contribution < -0.4 is 28.5 Å². The lowest BCUT2D eigenvalue weighted by molar-refractivity contribution is -0.696. The van der Waals surface area contributed by atoms with Gasteiger partial charge in [0.05, 0.1) is 0 Å². The Morgan fingerprint density at radius 3 is 2.12 bits per heavy atom. The van der Waals surface area contributed by atoms with E-state index in [9.17, 15) is 0 Å². The van der Waals surface area contributed by atoms with Crippen molar-refractivity contribution in [1.29, 1.82) is 0 Å². The van der Waals surface area contributed by atoms with Gasteiger partial charge in [-0.2, -0.15) is 0 Å². The highest BCUT2D eigenvalue weighted by Gasteiger charge is 2.14. The van der Waals surface area contributed by atoms with E-state index in [4.69, 9.17) is 0 Å². The van der Waals surface area contributed by atoms with Gasteiger partial charge in [-0.1, -0.05) is 94.0 Å². The summed E-state index contributed by atoms with van der Waals surface area (Å²) >= 11 is 0. The normalized spacial score (nSPS) is 11.2. The Kier molecular flexibility index (Phi) is 10.7. The lowest BCUT2D eigenvalue weighted by Gasteiger charge is -2.07. The van der Waals surface area contributed by atoms with Gasteiger partial charge in [0.15, 0.2) is 12.4 Å². The van der Waals surface area contributed by atoms with Crippen LogP contribution in [0.15, 0.2) is 73.1 Å². The third-order valence-corrected chi connectivity index (χ3v) is 6.73. The number of aromatic nitrogens is 2. The third kappa shape index (κ3) is 7.05. The lowest BCUT2D eigenvalue weighted by atomic mass is 10.1. The van der Waals surface area contributed by atoms with E-state index in [1.54, 1.807) is 0 Å². The van der Waals surface area contributed by atoms with E-state index in [0.717, 1.165) is 25.9 Å². The number of hydrogen-bond donors (Lipinski definition) is 0. The number of fused-ring (bicyclic) bond motifs is 3. The van der Waals surface area contributed by atoms with E-state index in [1.807, 2.05) is 0 Å². The van der Waals surface area contributed by atoms with Crippen LogP contribution in [0.5, 0.6) is 0 Å². The zero-order chi connectivity index (χ0) is 22.0. The first-order chi connectivity index (χ1) is 15.9. The fourth-order valence-corrected chi connectivity index (χ4v) is 4.93. The van der Waals surface area contributed by atoms with Gasteiger partial charge in [-0.25, -0.2) is 4.57 Å². The topological polar surface area (TPSA) is 8.81 Å². The largest absolute Gasteiger partial charge is 1.00 e. The molecule has 0 amide bonds. The summed E-state index contributed by atoms with van der Waals surface area (Å²) in [4.78, 5) is 0. The Balaban J connectivity index is 0.00000306. The number of halogens is 1. The molecule has 0 fully saturated rings.